The predicted molar refractivity (Wildman–Crippen MR) is 129 cm³/mol. The average Bonchev–Trinajstić information content (AvgIpc) is 3.35. The highest BCUT2D eigenvalue weighted by molar-refractivity contribution is 7.89. The number of benzene rings is 3. The van der Waals surface area contributed by atoms with Crippen molar-refractivity contribution in [3.05, 3.63) is 108 Å². The highest BCUT2D eigenvalue weighted by Gasteiger charge is 2.14. The van der Waals surface area contributed by atoms with E-state index >= 15 is 0 Å². The zero-order valence-electron chi connectivity index (χ0n) is 18.1. The smallest absolute Gasteiger partial charge is 0.246 e. The number of carbonyl (C=O) groups excluding carboxylic acids is 1. The van der Waals surface area contributed by atoms with Crippen LogP contribution in [0.4, 0.5) is 0 Å². The molecule has 1 amide bonds. The van der Waals surface area contributed by atoms with Crippen LogP contribution in [0.15, 0.2) is 101 Å². The number of likely N-dealkylation sites (N-methyl/N-ethyl adjacent to an activating group) is 1. The summed E-state index contributed by atoms with van der Waals surface area (Å²) in [6, 6.07) is 24.0. The average molecular weight is 461 g/mol. The summed E-state index contributed by atoms with van der Waals surface area (Å²) in [5, 5.41) is 2.30. The number of carbonyl (C=O) groups is 1. The summed E-state index contributed by atoms with van der Waals surface area (Å²) in [7, 11) is -1.91. The van der Waals surface area contributed by atoms with E-state index in [1.165, 1.54) is 24.5 Å². The van der Waals surface area contributed by atoms with E-state index in [1.807, 2.05) is 18.2 Å². The SMILES string of the molecule is CN(Cc1ccc2ccccc2c1)C(=O)C=Cc1ccc(S(=O)(=O)NCc2ccco2)cc1. The number of fused-ring (bicyclic) bond motifs is 1. The maximum absolute atomic E-state index is 12.5. The Morgan fingerprint density at radius 3 is 2.45 bits per heavy atom. The van der Waals surface area contributed by atoms with Gasteiger partial charge in [-0.1, -0.05) is 48.5 Å². The minimum Gasteiger partial charge on any atom is -0.468 e. The zero-order chi connectivity index (χ0) is 23.3. The molecule has 7 heteroatoms. The van der Waals surface area contributed by atoms with Crippen LogP contribution in [0, 0.1) is 0 Å². The second-order valence-corrected chi connectivity index (χ2v) is 9.45. The lowest BCUT2D eigenvalue weighted by Gasteiger charge is -2.15. The molecule has 1 aromatic heterocycles. The molecule has 4 aromatic rings. The third-order valence-electron chi connectivity index (χ3n) is 5.24. The Morgan fingerprint density at radius 1 is 0.970 bits per heavy atom. The Morgan fingerprint density at radius 2 is 1.73 bits per heavy atom. The molecule has 168 valence electrons. The molecule has 0 saturated carbocycles. The lowest BCUT2D eigenvalue weighted by Crippen LogP contribution is -2.24. The Bertz CT molecular complexity index is 1380. The van der Waals surface area contributed by atoms with Crippen LogP contribution in [-0.2, 0) is 27.9 Å². The first-order valence-electron chi connectivity index (χ1n) is 10.4. The van der Waals surface area contributed by atoms with Crippen molar-refractivity contribution in [3.63, 3.8) is 0 Å². The molecular weight excluding hydrogens is 436 g/mol. The topological polar surface area (TPSA) is 79.6 Å². The van der Waals surface area contributed by atoms with Gasteiger partial charge in [0.1, 0.15) is 5.76 Å². The van der Waals surface area contributed by atoms with Crippen LogP contribution in [0.2, 0.25) is 0 Å². The van der Waals surface area contributed by atoms with Crippen molar-refractivity contribution >= 4 is 32.8 Å². The van der Waals surface area contributed by atoms with E-state index in [9.17, 15) is 13.2 Å². The van der Waals surface area contributed by atoms with E-state index in [-0.39, 0.29) is 17.3 Å². The highest BCUT2D eigenvalue weighted by atomic mass is 32.2. The van der Waals surface area contributed by atoms with Gasteiger partial charge >= 0.3 is 0 Å². The van der Waals surface area contributed by atoms with E-state index in [0.717, 1.165) is 21.9 Å². The molecule has 0 unspecified atom stereocenters. The molecule has 0 aliphatic carbocycles. The number of rotatable bonds is 8. The molecule has 1 heterocycles. The van der Waals surface area contributed by atoms with Crippen LogP contribution in [0.5, 0.6) is 0 Å². The van der Waals surface area contributed by atoms with Crippen molar-refractivity contribution in [2.45, 2.75) is 18.0 Å². The first-order chi connectivity index (χ1) is 15.9. The lowest BCUT2D eigenvalue weighted by molar-refractivity contribution is -0.125. The molecule has 3 aromatic carbocycles. The molecule has 0 bridgehead atoms. The summed E-state index contributed by atoms with van der Waals surface area (Å²) in [5.74, 6) is 0.393. The Kier molecular flexibility index (Phi) is 6.72. The minimum absolute atomic E-state index is 0.0784. The summed E-state index contributed by atoms with van der Waals surface area (Å²) < 4.78 is 32.5. The van der Waals surface area contributed by atoms with Crippen molar-refractivity contribution in [2.24, 2.45) is 0 Å². The largest absolute Gasteiger partial charge is 0.468 e. The van der Waals surface area contributed by atoms with Gasteiger partial charge in [0, 0.05) is 19.7 Å². The van der Waals surface area contributed by atoms with Gasteiger partial charge in [-0.25, -0.2) is 13.1 Å². The molecule has 0 spiro atoms. The maximum atomic E-state index is 12.5. The van der Waals surface area contributed by atoms with Gasteiger partial charge in [-0.2, -0.15) is 0 Å². The van der Waals surface area contributed by atoms with E-state index in [0.29, 0.717) is 12.3 Å². The normalized spacial score (nSPS) is 11.8. The third kappa shape index (κ3) is 5.77. The summed E-state index contributed by atoms with van der Waals surface area (Å²) in [6.45, 7) is 0.571. The second kappa shape index (κ2) is 9.85. The van der Waals surface area contributed by atoms with Gasteiger partial charge in [0.25, 0.3) is 0 Å². The van der Waals surface area contributed by atoms with E-state index in [2.05, 4.69) is 29.0 Å². The standard InChI is InChI=1S/C26H24N2O4S/c1-28(19-21-8-12-22-5-2-3-6-23(22)17-21)26(29)15-11-20-9-13-25(14-10-20)33(30,31)27-18-24-7-4-16-32-24/h2-17,27H,18-19H2,1H3. The molecule has 33 heavy (non-hydrogen) atoms. The van der Waals surface area contributed by atoms with Crippen LogP contribution < -0.4 is 4.72 Å². The number of nitrogens with one attached hydrogen (secondary N) is 1. The first-order valence-corrected chi connectivity index (χ1v) is 11.9. The van der Waals surface area contributed by atoms with E-state index < -0.39 is 10.0 Å². The molecule has 0 saturated heterocycles. The number of hydrogen-bond donors (Lipinski definition) is 1. The second-order valence-electron chi connectivity index (χ2n) is 7.68. The quantitative estimate of drug-likeness (QED) is 0.390. The Hall–Kier alpha value is -3.68. The molecular formula is C26H24N2O4S. The summed E-state index contributed by atoms with van der Waals surface area (Å²) in [5.41, 5.74) is 1.78. The number of nitrogens with zero attached hydrogens (tertiary/aromatic N) is 1. The minimum atomic E-state index is -3.66. The number of amides is 1. The first kappa shape index (κ1) is 22.5. The molecule has 0 aliphatic rings. The van der Waals surface area contributed by atoms with Crippen molar-refractivity contribution in [3.8, 4) is 0 Å². The summed E-state index contributed by atoms with van der Waals surface area (Å²) in [4.78, 5) is 14.3. The van der Waals surface area contributed by atoms with Gasteiger partial charge in [0.15, 0.2) is 0 Å². The van der Waals surface area contributed by atoms with Crippen LogP contribution in [0.25, 0.3) is 16.8 Å². The van der Waals surface area contributed by atoms with Gasteiger partial charge in [0.2, 0.25) is 15.9 Å². The van der Waals surface area contributed by atoms with Gasteiger partial charge < -0.3 is 9.32 Å². The van der Waals surface area contributed by atoms with Crippen molar-refractivity contribution in [1.82, 2.24) is 9.62 Å². The predicted octanol–water partition coefficient (Wildman–Crippen LogP) is 4.58. The zero-order valence-corrected chi connectivity index (χ0v) is 19.0. The van der Waals surface area contributed by atoms with E-state index in [1.54, 1.807) is 42.3 Å². The lowest BCUT2D eigenvalue weighted by atomic mass is 10.1. The monoisotopic (exact) mass is 460 g/mol. The summed E-state index contributed by atoms with van der Waals surface area (Å²) >= 11 is 0. The van der Waals surface area contributed by atoms with Gasteiger partial charge in [-0.15, -0.1) is 0 Å². The van der Waals surface area contributed by atoms with Crippen molar-refractivity contribution < 1.29 is 17.6 Å². The fourth-order valence-electron chi connectivity index (χ4n) is 3.40. The maximum Gasteiger partial charge on any atom is 0.246 e. The van der Waals surface area contributed by atoms with Crippen LogP contribution >= 0.6 is 0 Å². The number of furan rings is 1. The van der Waals surface area contributed by atoms with Crippen LogP contribution in [0.3, 0.4) is 0 Å². The molecule has 0 aliphatic heterocycles. The number of hydrogen-bond acceptors (Lipinski definition) is 4. The molecule has 4 rings (SSSR count). The molecule has 0 radical (unpaired) electrons. The molecule has 0 atom stereocenters. The molecule has 1 N–H and O–H groups in total. The fraction of sp³-hybridized carbons (Fsp3) is 0.115. The van der Waals surface area contributed by atoms with E-state index in [4.69, 9.17) is 4.42 Å². The number of sulfonamides is 1. The Balaban J connectivity index is 1.35. The van der Waals surface area contributed by atoms with Crippen molar-refractivity contribution in [1.29, 1.82) is 0 Å². The third-order valence-corrected chi connectivity index (χ3v) is 6.65. The Labute approximate surface area is 193 Å². The molecule has 0 fully saturated rings. The van der Waals surface area contributed by atoms with Gasteiger partial charge in [-0.05, 0) is 58.3 Å². The fourth-order valence-corrected chi connectivity index (χ4v) is 4.40. The summed E-state index contributed by atoms with van der Waals surface area (Å²) in [6.07, 6.45) is 4.65. The van der Waals surface area contributed by atoms with Crippen LogP contribution in [-0.4, -0.2) is 26.3 Å². The molecule has 6 nitrogen and oxygen atoms in total. The van der Waals surface area contributed by atoms with Crippen molar-refractivity contribution in [2.75, 3.05) is 7.05 Å². The van der Waals surface area contributed by atoms with Gasteiger partial charge in [0.05, 0.1) is 17.7 Å². The highest BCUT2D eigenvalue weighted by Crippen LogP contribution is 2.17. The van der Waals surface area contributed by atoms with Crippen LogP contribution in [0.1, 0.15) is 16.9 Å². The van der Waals surface area contributed by atoms with Gasteiger partial charge in [-0.3, -0.25) is 4.79 Å².